The van der Waals surface area contributed by atoms with Gasteiger partial charge in [-0.3, -0.25) is 4.79 Å². The number of hydrogen-bond donors (Lipinski definition) is 0. The first-order valence-corrected chi connectivity index (χ1v) is 12.1. The van der Waals surface area contributed by atoms with Crippen molar-refractivity contribution in [1.29, 1.82) is 0 Å². The van der Waals surface area contributed by atoms with E-state index in [1.54, 1.807) is 5.38 Å². The van der Waals surface area contributed by atoms with Crippen LogP contribution < -0.4 is 0 Å². The molecule has 2 heterocycles. The van der Waals surface area contributed by atoms with Crippen molar-refractivity contribution in [2.75, 3.05) is 20.2 Å². The zero-order valence-electron chi connectivity index (χ0n) is 16.7. The van der Waals surface area contributed by atoms with Crippen LogP contribution in [-0.4, -0.2) is 44.7 Å². The molecular formula is C22H23NO5S2. The first kappa shape index (κ1) is 21.0. The van der Waals surface area contributed by atoms with Crippen molar-refractivity contribution in [3.05, 3.63) is 63.9 Å². The van der Waals surface area contributed by atoms with Crippen LogP contribution in [0, 0.1) is 5.41 Å². The summed E-state index contributed by atoms with van der Waals surface area (Å²) in [4.78, 5) is 24.2. The third kappa shape index (κ3) is 3.75. The highest BCUT2D eigenvalue weighted by Crippen LogP contribution is 2.46. The van der Waals surface area contributed by atoms with E-state index in [4.69, 9.17) is 4.74 Å². The number of methoxy groups -OCH3 is 1. The van der Waals surface area contributed by atoms with Gasteiger partial charge in [0.15, 0.2) is 0 Å². The SMILES string of the molecule is COC(=O)c1sccc1S(=O)(=O)N1CC=C2CC(=O)CCC2(Cc2ccccc2)C1. The summed E-state index contributed by atoms with van der Waals surface area (Å²) in [6.07, 6.45) is 4.01. The standard InChI is InChI=1S/C22H23NO5S2/c1-28-21(25)20-19(9-12-29-20)30(26,27)23-11-8-17-13-18(24)7-10-22(17,15-23)14-16-5-3-2-4-6-16/h2-6,8-9,12H,7,10-11,13-15H2,1H3. The number of carbonyl (C=O) groups excluding carboxylic acids is 2. The monoisotopic (exact) mass is 445 g/mol. The summed E-state index contributed by atoms with van der Waals surface area (Å²) < 4.78 is 33.1. The molecule has 1 aliphatic heterocycles. The highest BCUT2D eigenvalue weighted by molar-refractivity contribution is 7.89. The highest BCUT2D eigenvalue weighted by Gasteiger charge is 2.45. The van der Waals surface area contributed by atoms with Crippen LogP contribution in [0.15, 0.2) is 58.3 Å². The minimum Gasteiger partial charge on any atom is -0.465 e. The molecule has 8 heteroatoms. The van der Waals surface area contributed by atoms with Gasteiger partial charge in [-0.15, -0.1) is 11.3 Å². The summed E-state index contributed by atoms with van der Waals surface area (Å²) in [5, 5.41) is 1.59. The van der Waals surface area contributed by atoms with Gasteiger partial charge in [-0.1, -0.05) is 42.0 Å². The van der Waals surface area contributed by atoms with Crippen molar-refractivity contribution in [3.8, 4) is 0 Å². The van der Waals surface area contributed by atoms with Crippen molar-refractivity contribution in [2.45, 2.75) is 30.6 Å². The second-order valence-electron chi connectivity index (χ2n) is 7.79. The van der Waals surface area contributed by atoms with Gasteiger partial charge in [0.2, 0.25) is 10.0 Å². The number of thiophene rings is 1. The number of Topliss-reactive ketones (excluding diaryl/α,β-unsaturated/α-hetero) is 1. The predicted octanol–water partition coefficient (Wildman–Crippen LogP) is 3.45. The first-order valence-electron chi connectivity index (χ1n) is 9.77. The van der Waals surface area contributed by atoms with Gasteiger partial charge in [0.25, 0.3) is 0 Å². The number of sulfonamides is 1. The Kier molecular flexibility index (Phi) is 5.65. The lowest BCUT2D eigenvalue weighted by Crippen LogP contribution is -2.49. The van der Waals surface area contributed by atoms with E-state index in [9.17, 15) is 18.0 Å². The topological polar surface area (TPSA) is 80.8 Å². The molecule has 0 spiro atoms. The van der Waals surface area contributed by atoms with E-state index in [0.717, 1.165) is 22.5 Å². The summed E-state index contributed by atoms with van der Waals surface area (Å²) in [5.41, 5.74) is 1.73. The van der Waals surface area contributed by atoms with Crippen molar-refractivity contribution in [1.82, 2.24) is 4.31 Å². The molecule has 6 nitrogen and oxygen atoms in total. The Morgan fingerprint density at radius 2 is 2.00 bits per heavy atom. The molecule has 1 unspecified atom stereocenters. The molecule has 1 atom stereocenters. The van der Waals surface area contributed by atoms with E-state index in [1.807, 2.05) is 36.4 Å². The van der Waals surface area contributed by atoms with Gasteiger partial charge < -0.3 is 4.74 Å². The molecule has 1 fully saturated rings. The zero-order chi connectivity index (χ0) is 21.4. The number of ether oxygens (including phenoxy) is 1. The normalized spacial score (nSPS) is 22.3. The molecule has 1 saturated carbocycles. The van der Waals surface area contributed by atoms with Gasteiger partial charge >= 0.3 is 5.97 Å². The van der Waals surface area contributed by atoms with Crippen LogP contribution in [0.2, 0.25) is 0 Å². The Hall–Kier alpha value is -2.29. The highest BCUT2D eigenvalue weighted by atomic mass is 32.2. The lowest BCUT2D eigenvalue weighted by atomic mass is 9.65. The Morgan fingerprint density at radius 3 is 2.73 bits per heavy atom. The van der Waals surface area contributed by atoms with E-state index >= 15 is 0 Å². The minimum absolute atomic E-state index is 0.0158. The third-order valence-corrected chi connectivity index (χ3v) is 8.85. The fourth-order valence-electron chi connectivity index (χ4n) is 4.42. The number of benzene rings is 1. The molecule has 1 aromatic carbocycles. The average Bonchev–Trinajstić information content (AvgIpc) is 3.25. The Bertz CT molecular complexity index is 1100. The Morgan fingerprint density at radius 1 is 1.23 bits per heavy atom. The van der Waals surface area contributed by atoms with E-state index in [0.29, 0.717) is 32.2 Å². The van der Waals surface area contributed by atoms with Crippen molar-refractivity contribution in [2.24, 2.45) is 5.41 Å². The first-order chi connectivity index (χ1) is 14.4. The number of carbonyl (C=O) groups is 2. The largest absolute Gasteiger partial charge is 0.465 e. The Balaban J connectivity index is 1.71. The van der Waals surface area contributed by atoms with Crippen LogP contribution in [-0.2, 0) is 26.0 Å². The number of rotatable bonds is 5. The molecule has 1 aromatic heterocycles. The molecule has 1 aliphatic carbocycles. The molecule has 0 saturated heterocycles. The predicted molar refractivity (Wildman–Crippen MR) is 114 cm³/mol. The molecule has 0 bridgehead atoms. The second-order valence-corrected chi connectivity index (χ2v) is 10.6. The fraction of sp³-hybridized carbons (Fsp3) is 0.364. The summed E-state index contributed by atoms with van der Waals surface area (Å²) in [5.74, 6) is -0.453. The lowest BCUT2D eigenvalue weighted by molar-refractivity contribution is -0.120. The van der Waals surface area contributed by atoms with Gasteiger partial charge in [0, 0.05) is 31.3 Å². The molecule has 0 radical (unpaired) electrons. The van der Waals surface area contributed by atoms with Gasteiger partial charge in [0.05, 0.1) is 7.11 Å². The van der Waals surface area contributed by atoms with Crippen LogP contribution in [0.4, 0.5) is 0 Å². The second kappa shape index (κ2) is 8.09. The molecule has 2 aliphatic rings. The van der Waals surface area contributed by atoms with Crippen LogP contribution in [0.5, 0.6) is 0 Å². The molecule has 4 rings (SSSR count). The lowest BCUT2D eigenvalue weighted by Gasteiger charge is -2.45. The molecule has 0 amide bonds. The van der Waals surface area contributed by atoms with E-state index in [-0.39, 0.29) is 22.1 Å². The van der Waals surface area contributed by atoms with Gasteiger partial charge in [0.1, 0.15) is 15.6 Å². The van der Waals surface area contributed by atoms with E-state index in [1.165, 1.54) is 17.5 Å². The van der Waals surface area contributed by atoms with Crippen molar-refractivity contribution in [3.63, 3.8) is 0 Å². The number of esters is 1. The third-order valence-electron chi connectivity index (χ3n) is 5.97. The van der Waals surface area contributed by atoms with Crippen LogP contribution >= 0.6 is 11.3 Å². The van der Waals surface area contributed by atoms with E-state index < -0.39 is 21.4 Å². The Labute approximate surface area is 180 Å². The minimum atomic E-state index is -3.89. The molecule has 0 N–H and O–H groups in total. The quantitative estimate of drug-likeness (QED) is 0.520. The van der Waals surface area contributed by atoms with Crippen molar-refractivity contribution < 1.29 is 22.7 Å². The average molecular weight is 446 g/mol. The van der Waals surface area contributed by atoms with Crippen molar-refractivity contribution >= 4 is 33.1 Å². The maximum Gasteiger partial charge on any atom is 0.349 e. The summed E-state index contributed by atoms with van der Waals surface area (Å²) in [6, 6.07) is 11.4. The molecule has 30 heavy (non-hydrogen) atoms. The zero-order valence-corrected chi connectivity index (χ0v) is 18.3. The number of ketones is 1. The maximum absolute atomic E-state index is 13.5. The number of nitrogens with zero attached hydrogens (tertiary/aromatic N) is 1. The molecule has 2 aromatic rings. The van der Waals surface area contributed by atoms with Gasteiger partial charge in [-0.2, -0.15) is 4.31 Å². The van der Waals surface area contributed by atoms with Gasteiger partial charge in [-0.05, 0) is 29.9 Å². The summed E-state index contributed by atoms with van der Waals surface area (Å²) in [7, 11) is -2.65. The van der Waals surface area contributed by atoms with Crippen LogP contribution in [0.3, 0.4) is 0 Å². The fourth-order valence-corrected chi connectivity index (χ4v) is 7.19. The summed E-state index contributed by atoms with van der Waals surface area (Å²) >= 11 is 1.06. The van der Waals surface area contributed by atoms with Crippen LogP contribution in [0.25, 0.3) is 0 Å². The number of hydrogen-bond acceptors (Lipinski definition) is 6. The van der Waals surface area contributed by atoms with Crippen LogP contribution in [0.1, 0.15) is 34.5 Å². The van der Waals surface area contributed by atoms with Gasteiger partial charge in [-0.25, -0.2) is 13.2 Å². The van der Waals surface area contributed by atoms with E-state index in [2.05, 4.69) is 0 Å². The molecule has 158 valence electrons. The number of fused-ring (bicyclic) bond motifs is 1. The molecular weight excluding hydrogens is 422 g/mol. The smallest absolute Gasteiger partial charge is 0.349 e. The maximum atomic E-state index is 13.5. The summed E-state index contributed by atoms with van der Waals surface area (Å²) in [6.45, 7) is 0.484.